The highest BCUT2D eigenvalue weighted by Gasteiger charge is 2.32. The Balaban J connectivity index is 2.01. The Hall–Kier alpha value is -3.14. The number of nitrogens with zero attached hydrogens (tertiary/aromatic N) is 2. The van der Waals surface area contributed by atoms with Crippen molar-refractivity contribution in [1.29, 1.82) is 0 Å². The number of amides is 2. The van der Waals surface area contributed by atoms with E-state index in [0.29, 0.717) is 17.1 Å². The molecule has 0 aromatic heterocycles. The minimum Gasteiger partial charge on any atom is -0.354 e. The zero-order valence-electron chi connectivity index (χ0n) is 21.8. The first-order valence-electron chi connectivity index (χ1n) is 12.2. The summed E-state index contributed by atoms with van der Waals surface area (Å²) in [7, 11) is -4.22. The molecule has 0 spiro atoms. The van der Waals surface area contributed by atoms with Crippen molar-refractivity contribution in [3.8, 4) is 0 Å². The highest BCUT2D eigenvalue weighted by molar-refractivity contribution is 7.92. The van der Waals surface area contributed by atoms with Gasteiger partial charge in [-0.05, 0) is 66.9 Å². The smallest absolute Gasteiger partial charge is 0.264 e. The molecule has 0 saturated heterocycles. The number of sulfonamides is 1. The fourth-order valence-corrected chi connectivity index (χ4v) is 5.48. The van der Waals surface area contributed by atoms with Gasteiger partial charge in [-0.3, -0.25) is 13.9 Å². The summed E-state index contributed by atoms with van der Waals surface area (Å²) in [4.78, 5) is 28.1. The Bertz CT molecular complexity index is 1400. The molecule has 3 rings (SSSR count). The quantitative estimate of drug-likeness (QED) is 0.317. The number of rotatable bonds is 11. The first-order chi connectivity index (χ1) is 18.4. The lowest BCUT2D eigenvalue weighted by atomic mass is 10.1. The molecule has 0 radical (unpaired) electrons. The Morgan fingerprint density at radius 3 is 2.15 bits per heavy atom. The van der Waals surface area contributed by atoms with E-state index in [4.69, 9.17) is 23.2 Å². The summed E-state index contributed by atoms with van der Waals surface area (Å²) >= 11 is 12.2. The molecule has 0 bridgehead atoms. The average Bonchev–Trinajstić information content (AvgIpc) is 2.91. The van der Waals surface area contributed by atoms with E-state index in [1.807, 2.05) is 13.8 Å². The van der Waals surface area contributed by atoms with Gasteiger partial charge in [0, 0.05) is 13.1 Å². The van der Waals surface area contributed by atoms with Crippen molar-refractivity contribution >= 4 is 50.7 Å². The van der Waals surface area contributed by atoms with Crippen LogP contribution in [0.4, 0.5) is 10.1 Å². The fraction of sp³-hybridized carbons (Fsp3) is 0.286. The van der Waals surface area contributed by atoms with Crippen molar-refractivity contribution in [3.63, 3.8) is 0 Å². The minimum atomic E-state index is -4.22. The van der Waals surface area contributed by atoms with Gasteiger partial charge in [0.1, 0.15) is 18.4 Å². The van der Waals surface area contributed by atoms with Gasteiger partial charge in [-0.1, -0.05) is 61.3 Å². The SMILES string of the molecule is CC(C)CNC(=O)[C@H](C)N(Cc1ccc(Cl)c(Cl)c1)C(=O)CN(c1ccc(F)cc1)S(=O)(=O)c1ccccc1. The molecule has 0 aliphatic rings. The van der Waals surface area contributed by atoms with E-state index in [2.05, 4.69) is 5.32 Å². The topological polar surface area (TPSA) is 86.8 Å². The maximum Gasteiger partial charge on any atom is 0.264 e. The van der Waals surface area contributed by atoms with Crippen LogP contribution in [0.2, 0.25) is 10.0 Å². The van der Waals surface area contributed by atoms with Crippen LogP contribution in [0.3, 0.4) is 0 Å². The predicted octanol–water partition coefficient (Wildman–Crippen LogP) is 5.52. The van der Waals surface area contributed by atoms with Crippen LogP contribution in [0, 0.1) is 11.7 Å². The summed E-state index contributed by atoms with van der Waals surface area (Å²) in [5.41, 5.74) is 0.695. The number of nitrogens with one attached hydrogen (secondary N) is 1. The van der Waals surface area contributed by atoms with Gasteiger partial charge in [-0.15, -0.1) is 0 Å². The Labute approximate surface area is 238 Å². The first kappa shape index (κ1) is 30.4. The maximum atomic E-state index is 13.8. The largest absolute Gasteiger partial charge is 0.354 e. The second kappa shape index (κ2) is 13.3. The van der Waals surface area contributed by atoms with Gasteiger partial charge in [0.2, 0.25) is 11.8 Å². The number of halogens is 3. The standard InChI is InChI=1S/C28H30Cl2FN3O4S/c1-19(2)16-32-28(36)20(3)33(17-21-9-14-25(29)26(30)15-21)27(35)18-34(23-12-10-22(31)11-13-23)39(37,38)24-7-5-4-6-8-24/h4-15,19-20H,16-18H2,1-3H3,(H,32,36)/t20-/m0/s1. The zero-order valence-corrected chi connectivity index (χ0v) is 24.1. The molecular formula is C28H30Cl2FN3O4S. The lowest BCUT2D eigenvalue weighted by Gasteiger charge is -2.32. The fourth-order valence-electron chi connectivity index (χ4n) is 3.73. The summed E-state index contributed by atoms with van der Waals surface area (Å²) in [6.45, 7) is 5.19. The summed E-state index contributed by atoms with van der Waals surface area (Å²) in [5.74, 6) is -1.40. The minimum absolute atomic E-state index is 0.0331. The van der Waals surface area contributed by atoms with Gasteiger partial charge >= 0.3 is 0 Å². The molecule has 0 aliphatic carbocycles. The van der Waals surface area contributed by atoms with Gasteiger partial charge in [-0.2, -0.15) is 0 Å². The van der Waals surface area contributed by atoms with E-state index < -0.39 is 40.2 Å². The van der Waals surface area contributed by atoms with E-state index in [9.17, 15) is 22.4 Å². The molecule has 11 heteroatoms. The lowest BCUT2D eigenvalue weighted by Crippen LogP contribution is -2.51. The van der Waals surface area contributed by atoms with Crippen LogP contribution in [0.25, 0.3) is 0 Å². The summed E-state index contributed by atoms with van der Waals surface area (Å²) in [6.07, 6.45) is 0. The molecule has 3 aromatic rings. The molecule has 39 heavy (non-hydrogen) atoms. The average molecular weight is 595 g/mol. The molecule has 0 saturated carbocycles. The molecule has 7 nitrogen and oxygen atoms in total. The van der Waals surface area contributed by atoms with Gasteiger partial charge in [0.05, 0.1) is 20.6 Å². The number of hydrogen-bond donors (Lipinski definition) is 1. The third-order valence-electron chi connectivity index (χ3n) is 5.91. The van der Waals surface area contributed by atoms with E-state index >= 15 is 0 Å². The van der Waals surface area contributed by atoms with Crippen LogP contribution in [0.5, 0.6) is 0 Å². The molecule has 1 atom stereocenters. The molecule has 208 valence electrons. The lowest BCUT2D eigenvalue weighted by molar-refractivity contribution is -0.139. The molecule has 0 heterocycles. The van der Waals surface area contributed by atoms with Crippen LogP contribution >= 0.6 is 23.2 Å². The second-order valence-corrected chi connectivity index (χ2v) is 12.1. The molecule has 1 N–H and O–H groups in total. The van der Waals surface area contributed by atoms with Crippen LogP contribution in [-0.4, -0.2) is 44.3 Å². The van der Waals surface area contributed by atoms with E-state index in [1.54, 1.807) is 43.3 Å². The van der Waals surface area contributed by atoms with Crippen LogP contribution in [0.15, 0.2) is 77.7 Å². The highest BCUT2D eigenvalue weighted by atomic mass is 35.5. The monoisotopic (exact) mass is 593 g/mol. The Morgan fingerprint density at radius 1 is 0.923 bits per heavy atom. The van der Waals surface area contributed by atoms with E-state index in [0.717, 1.165) is 16.4 Å². The summed E-state index contributed by atoms with van der Waals surface area (Å²) < 4.78 is 41.9. The maximum absolute atomic E-state index is 13.8. The molecule has 3 aromatic carbocycles. The number of hydrogen-bond acceptors (Lipinski definition) is 4. The highest BCUT2D eigenvalue weighted by Crippen LogP contribution is 2.26. The van der Waals surface area contributed by atoms with Crippen molar-refractivity contribution in [2.45, 2.75) is 38.3 Å². The van der Waals surface area contributed by atoms with Crippen LogP contribution < -0.4 is 9.62 Å². The number of anilines is 1. The van der Waals surface area contributed by atoms with Crippen molar-refractivity contribution in [3.05, 3.63) is 94.2 Å². The summed E-state index contributed by atoms with van der Waals surface area (Å²) in [6, 6.07) is 16.3. The summed E-state index contributed by atoms with van der Waals surface area (Å²) in [5, 5.41) is 3.42. The third-order valence-corrected chi connectivity index (χ3v) is 8.44. The zero-order chi connectivity index (χ0) is 28.7. The molecule has 0 unspecified atom stereocenters. The predicted molar refractivity (Wildman–Crippen MR) is 152 cm³/mol. The van der Waals surface area contributed by atoms with E-state index in [-0.39, 0.29) is 28.1 Å². The van der Waals surface area contributed by atoms with Crippen molar-refractivity contribution < 1.29 is 22.4 Å². The molecule has 0 aliphatic heterocycles. The van der Waals surface area contributed by atoms with Crippen LogP contribution in [-0.2, 0) is 26.2 Å². The number of carbonyl (C=O) groups excluding carboxylic acids is 2. The normalized spacial score (nSPS) is 12.2. The second-order valence-electron chi connectivity index (χ2n) is 9.39. The first-order valence-corrected chi connectivity index (χ1v) is 14.4. The number of benzene rings is 3. The van der Waals surface area contributed by atoms with Gasteiger partial charge in [0.25, 0.3) is 10.0 Å². The third kappa shape index (κ3) is 7.94. The van der Waals surface area contributed by atoms with E-state index in [1.165, 1.54) is 29.2 Å². The number of carbonyl (C=O) groups is 2. The Morgan fingerprint density at radius 2 is 1.56 bits per heavy atom. The van der Waals surface area contributed by atoms with Gasteiger partial charge in [-0.25, -0.2) is 12.8 Å². The van der Waals surface area contributed by atoms with Crippen molar-refractivity contribution in [2.24, 2.45) is 5.92 Å². The molecule has 0 fully saturated rings. The van der Waals surface area contributed by atoms with Crippen molar-refractivity contribution in [1.82, 2.24) is 10.2 Å². The van der Waals surface area contributed by atoms with Gasteiger partial charge < -0.3 is 10.2 Å². The molecule has 2 amide bonds. The molecular weight excluding hydrogens is 564 g/mol. The van der Waals surface area contributed by atoms with Gasteiger partial charge in [0.15, 0.2) is 0 Å². The van der Waals surface area contributed by atoms with Crippen LogP contribution in [0.1, 0.15) is 26.3 Å². The van der Waals surface area contributed by atoms with Crippen molar-refractivity contribution in [2.75, 3.05) is 17.4 Å². The Kier molecular flexibility index (Phi) is 10.4.